The van der Waals surface area contributed by atoms with Crippen molar-refractivity contribution in [2.45, 2.75) is 31.9 Å². The molecule has 4 heteroatoms. The van der Waals surface area contributed by atoms with Crippen LogP contribution in [-0.2, 0) is 11.0 Å². The van der Waals surface area contributed by atoms with E-state index in [0.29, 0.717) is 6.42 Å². The number of halogens is 3. The van der Waals surface area contributed by atoms with Crippen molar-refractivity contribution in [2.75, 3.05) is 0 Å². The molecule has 1 aromatic carbocycles. The third-order valence-electron chi connectivity index (χ3n) is 3.22. The van der Waals surface area contributed by atoms with Crippen LogP contribution in [0, 0.1) is 5.92 Å². The van der Waals surface area contributed by atoms with Crippen molar-refractivity contribution >= 4 is 5.78 Å². The second kappa shape index (κ2) is 4.17. The maximum atomic E-state index is 12.3. The average molecular weight is 242 g/mol. The third-order valence-corrected chi connectivity index (χ3v) is 3.22. The highest BCUT2D eigenvalue weighted by molar-refractivity contribution is 5.84. The van der Waals surface area contributed by atoms with Crippen molar-refractivity contribution in [3.63, 3.8) is 0 Å². The van der Waals surface area contributed by atoms with Gasteiger partial charge in [-0.25, -0.2) is 0 Å². The summed E-state index contributed by atoms with van der Waals surface area (Å²) in [5.41, 5.74) is 0.199. The van der Waals surface area contributed by atoms with E-state index < -0.39 is 11.7 Å². The lowest BCUT2D eigenvalue weighted by Crippen LogP contribution is -2.04. The number of hydrogen-bond acceptors (Lipinski definition) is 1. The van der Waals surface area contributed by atoms with Gasteiger partial charge in [-0.1, -0.05) is 19.1 Å². The van der Waals surface area contributed by atoms with Crippen LogP contribution in [0.5, 0.6) is 0 Å². The van der Waals surface area contributed by atoms with Crippen LogP contribution in [0.1, 0.15) is 36.8 Å². The fourth-order valence-corrected chi connectivity index (χ4v) is 2.10. The Hall–Kier alpha value is -1.32. The van der Waals surface area contributed by atoms with Crippen molar-refractivity contribution in [1.29, 1.82) is 0 Å². The van der Waals surface area contributed by atoms with E-state index >= 15 is 0 Å². The van der Waals surface area contributed by atoms with Gasteiger partial charge in [-0.2, -0.15) is 13.2 Å². The molecule has 0 amide bonds. The fourth-order valence-electron chi connectivity index (χ4n) is 2.10. The van der Waals surface area contributed by atoms with Crippen molar-refractivity contribution < 1.29 is 18.0 Å². The van der Waals surface area contributed by atoms with E-state index in [4.69, 9.17) is 0 Å². The molecule has 1 aliphatic carbocycles. The van der Waals surface area contributed by atoms with Gasteiger partial charge in [0.2, 0.25) is 0 Å². The number of rotatable bonds is 3. The highest BCUT2D eigenvalue weighted by atomic mass is 19.4. The summed E-state index contributed by atoms with van der Waals surface area (Å²) in [7, 11) is 0. The lowest BCUT2D eigenvalue weighted by Gasteiger charge is -2.07. The summed E-state index contributed by atoms with van der Waals surface area (Å²) in [6.45, 7) is 1.81. The van der Waals surface area contributed by atoms with E-state index in [2.05, 4.69) is 0 Å². The molecule has 0 radical (unpaired) electrons. The number of Topliss-reactive ketones (excluding diaryl/α,β-unsaturated/α-hetero) is 1. The molecule has 92 valence electrons. The molecule has 2 unspecified atom stereocenters. The summed E-state index contributed by atoms with van der Waals surface area (Å²) in [5.74, 6) is 0.358. The summed E-state index contributed by atoms with van der Waals surface area (Å²) in [5, 5.41) is 0. The van der Waals surface area contributed by atoms with Crippen LogP contribution in [0.25, 0.3) is 0 Å². The number of alkyl halides is 3. The van der Waals surface area contributed by atoms with Crippen molar-refractivity contribution in [2.24, 2.45) is 5.92 Å². The topological polar surface area (TPSA) is 17.1 Å². The first-order chi connectivity index (χ1) is 7.93. The van der Waals surface area contributed by atoms with E-state index in [-0.39, 0.29) is 17.6 Å². The Bertz CT molecular complexity index is 419. The molecule has 0 heterocycles. The van der Waals surface area contributed by atoms with E-state index in [1.165, 1.54) is 12.1 Å². The van der Waals surface area contributed by atoms with Gasteiger partial charge in [0.25, 0.3) is 0 Å². The maximum absolute atomic E-state index is 12.3. The Morgan fingerprint density at radius 1 is 1.29 bits per heavy atom. The standard InChI is InChI=1S/C13H13F3O/c1-2-12(17)11-7-10(11)8-3-5-9(6-4-8)13(14,15)16/h3-6,10-11H,2,7H2,1H3. The van der Waals surface area contributed by atoms with Gasteiger partial charge in [0.05, 0.1) is 5.56 Å². The molecule has 1 fully saturated rings. The molecule has 0 saturated heterocycles. The van der Waals surface area contributed by atoms with Crippen molar-refractivity contribution in [3.8, 4) is 0 Å². The summed E-state index contributed by atoms with van der Waals surface area (Å²) in [4.78, 5) is 11.4. The van der Waals surface area contributed by atoms with Gasteiger partial charge in [0.15, 0.2) is 0 Å². The second-order valence-corrected chi connectivity index (χ2v) is 4.39. The zero-order valence-electron chi connectivity index (χ0n) is 9.42. The van der Waals surface area contributed by atoms with Crippen LogP contribution in [0.2, 0.25) is 0 Å². The number of carbonyl (C=O) groups excluding carboxylic acids is 1. The minimum atomic E-state index is -4.29. The minimum Gasteiger partial charge on any atom is -0.299 e. The van der Waals surface area contributed by atoms with E-state index in [0.717, 1.165) is 24.1 Å². The quantitative estimate of drug-likeness (QED) is 0.788. The van der Waals surface area contributed by atoms with E-state index in [1.54, 1.807) is 0 Å². The number of ketones is 1. The summed E-state index contributed by atoms with van der Waals surface area (Å²) >= 11 is 0. The zero-order chi connectivity index (χ0) is 12.6. The molecule has 0 spiro atoms. The Labute approximate surface area is 97.6 Å². The first-order valence-corrected chi connectivity index (χ1v) is 5.63. The molecule has 0 aromatic heterocycles. The van der Waals surface area contributed by atoms with Crippen LogP contribution < -0.4 is 0 Å². The molecule has 1 aromatic rings. The second-order valence-electron chi connectivity index (χ2n) is 4.39. The van der Waals surface area contributed by atoms with Gasteiger partial charge in [-0.05, 0) is 30.0 Å². The molecular formula is C13H13F3O. The fraction of sp³-hybridized carbons (Fsp3) is 0.462. The van der Waals surface area contributed by atoms with E-state index in [9.17, 15) is 18.0 Å². The molecule has 1 saturated carbocycles. The predicted octanol–water partition coefficient (Wildman–Crippen LogP) is 3.79. The highest BCUT2D eigenvalue weighted by Crippen LogP contribution is 2.48. The van der Waals surface area contributed by atoms with Gasteiger partial charge in [-0.15, -0.1) is 0 Å². The molecular weight excluding hydrogens is 229 g/mol. The Kier molecular flexibility index (Phi) is 2.98. The highest BCUT2D eigenvalue weighted by Gasteiger charge is 2.42. The Morgan fingerprint density at radius 2 is 1.88 bits per heavy atom. The zero-order valence-corrected chi connectivity index (χ0v) is 9.42. The lowest BCUT2D eigenvalue weighted by atomic mass is 10.0. The molecule has 2 atom stereocenters. The molecule has 0 N–H and O–H groups in total. The van der Waals surface area contributed by atoms with Gasteiger partial charge in [0, 0.05) is 12.3 Å². The predicted molar refractivity (Wildman–Crippen MR) is 57.6 cm³/mol. The molecule has 1 aliphatic rings. The Morgan fingerprint density at radius 3 is 2.35 bits per heavy atom. The normalized spacial score (nSPS) is 23.5. The van der Waals surface area contributed by atoms with Crippen molar-refractivity contribution in [3.05, 3.63) is 35.4 Å². The maximum Gasteiger partial charge on any atom is 0.416 e. The molecule has 0 aliphatic heterocycles. The molecule has 2 rings (SSSR count). The van der Waals surface area contributed by atoms with Crippen LogP contribution >= 0.6 is 0 Å². The van der Waals surface area contributed by atoms with Crippen LogP contribution in [0.3, 0.4) is 0 Å². The van der Waals surface area contributed by atoms with Crippen molar-refractivity contribution in [1.82, 2.24) is 0 Å². The Balaban J connectivity index is 2.08. The summed E-state index contributed by atoms with van der Waals surface area (Å²) < 4.78 is 37.0. The minimum absolute atomic E-state index is 0.0248. The molecule has 0 bridgehead atoms. The van der Waals surface area contributed by atoms with Gasteiger partial charge in [0.1, 0.15) is 5.78 Å². The molecule has 17 heavy (non-hydrogen) atoms. The van der Waals surface area contributed by atoms with Crippen LogP contribution in [-0.4, -0.2) is 5.78 Å². The first-order valence-electron chi connectivity index (χ1n) is 5.63. The average Bonchev–Trinajstić information content (AvgIpc) is 3.07. The largest absolute Gasteiger partial charge is 0.416 e. The third kappa shape index (κ3) is 2.51. The molecule has 1 nitrogen and oxygen atoms in total. The smallest absolute Gasteiger partial charge is 0.299 e. The van der Waals surface area contributed by atoms with Crippen LogP contribution in [0.15, 0.2) is 24.3 Å². The van der Waals surface area contributed by atoms with Gasteiger partial charge in [-0.3, -0.25) is 4.79 Å². The number of hydrogen-bond donors (Lipinski definition) is 0. The SMILES string of the molecule is CCC(=O)C1CC1c1ccc(C(F)(F)F)cc1. The van der Waals surface area contributed by atoms with Gasteiger partial charge < -0.3 is 0 Å². The summed E-state index contributed by atoms with van der Waals surface area (Å²) in [6.07, 6.45) is -3.01. The number of carbonyl (C=O) groups is 1. The summed E-state index contributed by atoms with van der Waals surface area (Å²) in [6, 6.07) is 5.13. The van der Waals surface area contributed by atoms with Gasteiger partial charge >= 0.3 is 6.18 Å². The number of benzene rings is 1. The van der Waals surface area contributed by atoms with E-state index in [1.807, 2.05) is 6.92 Å². The first kappa shape index (κ1) is 12.1. The van der Waals surface area contributed by atoms with Crippen LogP contribution in [0.4, 0.5) is 13.2 Å². The monoisotopic (exact) mass is 242 g/mol. The lowest BCUT2D eigenvalue weighted by molar-refractivity contribution is -0.137.